The lowest BCUT2D eigenvalue weighted by Gasteiger charge is -2.15. The Kier molecular flexibility index (Phi) is 5.95. The lowest BCUT2D eigenvalue weighted by Crippen LogP contribution is -2.25. The van der Waals surface area contributed by atoms with Crippen LogP contribution in [0.4, 0.5) is 11.4 Å². The molecule has 1 rings (SSSR count). The molecule has 0 aromatic heterocycles. The minimum atomic E-state index is -0.0352. The minimum absolute atomic E-state index is 0.0352. The summed E-state index contributed by atoms with van der Waals surface area (Å²) in [4.78, 5) is 13.9. The highest BCUT2D eigenvalue weighted by molar-refractivity contribution is 6.31. The maximum Gasteiger partial charge on any atom is 0.225 e. The normalized spacial score (nSPS) is 10.7. The number of nitrogens with zero attached hydrogens (tertiary/aromatic N) is 1. The molecule has 3 N–H and O–H groups in total. The van der Waals surface area contributed by atoms with Gasteiger partial charge in [-0.15, -0.1) is 0 Å². The average molecular weight is 270 g/mol. The van der Waals surface area contributed by atoms with E-state index in [4.69, 9.17) is 17.3 Å². The van der Waals surface area contributed by atoms with E-state index in [0.717, 1.165) is 19.5 Å². The summed E-state index contributed by atoms with van der Waals surface area (Å²) < 4.78 is 0. The molecule has 0 aliphatic rings. The summed E-state index contributed by atoms with van der Waals surface area (Å²) in [6.07, 6.45) is 1.54. The van der Waals surface area contributed by atoms with Crippen LogP contribution < -0.4 is 11.1 Å². The van der Waals surface area contributed by atoms with Crippen molar-refractivity contribution in [2.45, 2.75) is 19.8 Å². The Hall–Kier alpha value is -1.26. The molecule has 0 bridgehead atoms. The van der Waals surface area contributed by atoms with Crippen LogP contribution in [0.1, 0.15) is 19.8 Å². The van der Waals surface area contributed by atoms with Gasteiger partial charge in [-0.3, -0.25) is 4.79 Å². The number of hydrogen-bond acceptors (Lipinski definition) is 3. The molecule has 0 atom stereocenters. The number of nitrogen functional groups attached to an aromatic ring is 1. The number of carbonyl (C=O) groups is 1. The van der Waals surface area contributed by atoms with Crippen LogP contribution in [0, 0.1) is 0 Å². The van der Waals surface area contributed by atoms with Gasteiger partial charge in [0.25, 0.3) is 0 Å². The van der Waals surface area contributed by atoms with E-state index in [2.05, 4.69) is 17.1 Å². The van der Waals surface area contributed by atoms with E-state index in [-0.39, 0.29) is 5.91 Å². The van der Waals surface area contributed by atoms with Crippen molar-refractivity contribution in [3.8, 4) is 0 Å². The number of amides is 1. The van der Waals surface area contributed by atoms with Gasteiger partial charge < -0.3 is 16.0 Å². The average Bonchev–Trinajstić information content (AvgIpc) is 2.31. The molecule has 1 aromatic carbocycles. The highest BCUT2D eigenvalue weighted by atomic mass is 35.5. The fourth-order valence-electron chi connectivity index (χ4n) is 1.65. The van der Waals surface area contributed by atoms with Gasteiger partial charge in [-0.25, -0.2) is 0 Å². The molecule has 18 heavy (non-hydrogen) atoms. The van der Waals surface area contributed by atoms with Gasteiger partial charge in [0.1, 0.15) is 0 Å². The minimum Gasteiger partial charge on any atom is -0.397 e. The van der Waals surface area contributed by atoms with Gasteiger partial charge in [0, 0.05) is 18.0 Å². The zero-order valence-corrected chi connectivity index (χ0v) is 11.6. The molecule has 0 heterocycles. The molecule has 0 unspecified atom stereocenters. The van der Waals surface area contributed by atoms with Gasteiger partial charge >= 0.3 is 0 Å². The Morgan fingerprint density at radius 1 is 1.44 bits per heavy atom. The first-order chi connectivity index (χ1) is 8.52. The van der Waals surface area contributed by atoms with Crippen molar-refractivity contribution in [1.82, 2.24) is 4.90 Å². The molecule has 4 nitrogen and oxygen atoms in total. The number of carbonyl (C=O) groups excluding carboxylic acids is 1. The van der Waals surface area contributed by atoms with Gasteiger partial charge in [0.2, 0.25) is 5.91 Å². The van der Waals surface area contributed by atoms with Crippen LogP contribution in [0.25, 0.3) is 0 Å². The molecule has 0 saturated heterocycles. The van der Waals surface area contributed by atoms with Crippen molar-refractivity contribution in [3.63, 3.8) is 0 Å². The second-order valence-electron chi connectivity index (χ2n) is 4.33. The fraction of sp³-hybridized carbons (Fsp3) is 0.462. The smallest absolute Gasteiger partial charge is 0.225 e. The molecule has 0 radical (unpaired) electrons. The molecule has 5 heteroatoms. The number of halogens is 1. The zero-order chi connectivity index (χ0) is 13.5. The summed E-state index contributed by atoms with van der Waals surface area (Å²) in [7, 11) is 2.01. The van der Waals surface area contributed by atoms with E-state index < -0.39 is 0 Å². The molecule has 100 valence electrons. The van der Waals surface area contributed by atoms with E-state index in [9.17, 15) is 4.79 Å². The van der Waals surface area contributed by atoms with Gasteiger partial charge in [-0.2, -0.15) is 0 Å². The third-order valence-electron chi connectivity index (χ3n) is 2.61. The topological polar surface area (TPSA) is 58.4 Å². The summed E-state index contributed by atoms with van der Waals surface area (Å²) in [6, 6.07) is 5.04. The van der Waals surface area contributed by atoms with E-state index >= 15 is 0 Å². The van der Waals surface area contributed by atoms with E-state index in [1.165, 1.54) is 0 Å². The maximum absolute atomic E-state index is 11.7. The van der Waals surface area contributed by atoms with Crippen molar-refractivity contribution in [2.24, 2.45) is 0 Å². The first-order valence-electron chi connectivity index (χ1n) is 6.06. The molecule has 0 fully saturated rings. The monoisotopic (exact) mass is 269 g/mol. The first-order valence-corrected chi connectivity index (χ1v) is 6.44. The van der Waals surface area contributed by atoms with Crippen LogP contribution in [0.15, 0.2) is 18.2 Å². The van der Waals surface area contributed by atoms with Crippen LogP contribution in [0.2, 0.25) is 5.02 Å². The third kappa shape index (κ3) is 4.94. The number of anilines is 2. The van der Waals surface area contributed by atoms with Gasteiger partial charge in [0.05, 0.1) is 11.4 Å². The number of benzene rings is 1. The molecule has 0 spiro atoms. The molecule has 1 aromatic rings. The molecule has 1 amide bonds. The predicted octanol–water partition coefficient (Wildman–Crippen LogP) is 2.59. The summed E-state index contributed by atoms with van der Waals surface area (Å²) >= 11 is 5.79. The van der Waals surface area contributed by atoms with Crippen LogP contribution in [0.3, 0.4) is 0 Å². The van der Waals surface area contributed by atoms with Crippen LogP contribution in [0.5, 0.6) is 0 Å². The van der Waals surface area contributed by atoms with Crippen molar-refractivity contribution < 1.29 is 4.79 Å². The summed E-state index contributed by atoms with van der Waals surface area (Å²) in [5, 5.41) is 3.35. The number of hydrogen-bond donors (Lipinski definition) is 2. The van der Waals surface area contributed by atoms with Crippen molar-refractivity contribution in [3.05, 3.63) is 23.2 Å². The highest BCUT2D eigenvalue weighted by Gasteiger charge is 2.07. The standard InChI is InChI=1S/C13H20ClN3O/c1-3-7-17(2)8-6-13(18)16-12-5-4-10(14)9-11(12)15/h4-5,9H,3,6-8,15H2,1-2H3,(H,16,18). The Morgan fingerprint density at radius 2 is 2.17 bits per heavy atom. The molecular weight excluding hydrogens is 250 g/mol. The Labute approximate surface area is 113 Å². The number of nitrogens with two attached hydrogens (primary N) is 1. The van der Waals surface area contributed by atoms with E-state index in [1.54, 1.807) is 18.2 Å². The molecular formula is C13H20ClN3O. The molecule has 0 aliphatic carbocycles. The fourth-order valence-corrected chi connectivity index (χ4v) is 1.83. The van der Waals surface area contributed by atoms with Gasteiger partial charge in [-0.05, 0) is 38.2 Å². The SMILES string of the molecule is CCCN(C)CCC(=O)Nc1ccc(Cl)cc1N. The molecule has 0 saturated carbocycles. The summed E-state index contributed by atoms with van der Waals surface area (Å²) in [5.74, 6) is -0.0352. The quantitative estimate of drug-likeness (QED) is 0.781. The van der Waals surface area contributed by atoms with Crippen molar-refractivity contribution >= 4 is 28.9 Å². The first kappa shape index (κ1) is 14.8. The summed E-state index contributed by atoms with van der Waals surface area (Å²) in [6.45, 7) is 3.86. The van der Waals surface area contributed by atoms with Crippen LogP contribution in [-0.4, -0.2) is 30.9 Å². The second-order valence-corrected chi connectivity index (χ2v) is 4.77. The Morgan fingerprint density at radius 3 is 2.78 bits per heavy atom. The second kappa shape index (κ2) is 7.24. The number of rotatable bonds is 6. The van der Waals surface area contributed by atoms with Crippen LogP contribution in [-0.2, 0) is 4.79 Å². The lowest BCUT2D eigenvalue weighted by atomic mass is 10.2. The third-order valence-corrected chi connectivity index (χ3v) is 2.85. The predicted molar refractivity (Wildman–Crippen MR) is 76.9 cm³/mol. The van der Waals surface area contributed by atoms with Crippen molar-refractivity contribution in [1.29, 1.82) is 0 Å². The Balaban J connectivity index is 2.44. The maximum atomic E-state index is 11.7. The Bertz CT molecular complexity index is 409. The van der Waals surface area contributed by atoms with Gasteiger partial charge in [0.15, 0.2) is 0 Å². The van der Waals surface area contributed by atoms with Crippen LogP contribution >= 0.6 is 11.6 Å². The van der Waals surface area contributed by atoms with E-state index in [0.29, 0.717) is 22.8 Å². The summed E-state index contributed by atoms with van der Waals surface area (Å²) in [5.41, 5.74) is 6.86. The molecule has 0 aliphatic heterocycles. The van der Waals surface area contributed by atoms with E-state index in [1.807, 2.05) is 7.05 Å². The lowest BCUT2D eigenvalue weighted by molar-refractivity contribution is -0.116. The van der Waals surface area contributed by atoms with Crippen molar-refractivity contribution in [2.75, 3.05) is 31.2 Å². The zero-order valence-electron chi connectivity index (χ0n) is 10.9. The number of nitrogens with one attached hydrogen (secondary N) is 1. The highest BCUT2D eigenvalue weighted by Crippen LogP contribution is 2.22. The largest absolute Gasteiger partial charge is 0.397 e. The van der Waals surface area contributed by atoms with Gasteiger partial charge in [-0.1, -0.05) is 18.5 Å².